The minimum atomic E-state index is 0.713. The van der Waals surface area contributed by atoms with Crippen molar-refractivity contribution < 1.29 is 4.74 Å². The van der Waals surface area contributed by atoms with Gasteiger partial charge in [-0.2, -0.15) is 0 Å². The SMILES string of the molecule is Cc1ccc(Oc2cccc3c(Cl)c(I)cnc23)cc1. The number of hydrogen-bond acceptors (Lipinski definition) is 2. The topological polar surface area (TPSA) is 22.1 Å². The van der Waals surface area contributed by atoms with Crippen molar-refractivity contribution >= 4 is 45.1 Å². The van der Waals surface area contributed by atoms with Crippen LogP contribution in [-0.4, -0.2) is 4.98 Å². The summed E-state index contributed by atoms with van der Waals surface area (Å²) < 4.78 is 6.85. The number of ether oxygens (including phenoxy) is 1. The van der Waals surface area contributed by atoms with E-state index in [1.165, 1.54) is 5.56 Å². The zero-order valence-corrected chi connectivity index (χ0v) is 13.6. The third kappa shape index (κ3) is 2.60. The Morgan fingerprint density at radius 3 is 2.60 bits per heavy atom. The average Bonchev–Trinajstić information content (AvgIpc) is 2.46. The molecule has 0 aliphatic carbocycles. The number of pyridine rings is 1. The molecule has 0 N–H and O–H groups in total. The predicted molar refractivity (Wildman–Crippen MR) is 90.7 cm³/mol. The van der Waals surface area contributed by atoms with Gasteiger partial charge in [-0.1, -0.05) is 41.4 Å². The number of benzene rings is 2. The highest BCUT2D eigenvalue weighted by Crippen LogP contribution is 2.33. The second kappa shape index (κ2) is 5.58. The van der Waals surface area contributed by atoms with Crippen LogP contribution in [0.2, 0.25) is 5.02 Å². The molecule has 100 valence electrons. The lowest BCUT2D eigenvalue weighted by Gasteiger charge is -2.09. The van der Waals surface area contributed by atoms with Gasteiger partial charge in [0.2, 0.25) is 0 Å². The zero-order valence-electron chi connectivity index (χ0n) is 10.7. The molecule has 0 atom stereocenters. The maximum atomic E-state index is 6.32. The van der Waals surface area contributed by atoms with Crippen LogP contribution in [0, 0.1) is 10.5 Å². The van der Waals surface area contributed by atoms with E-state index in [1.807, 2.05) is 49.4 Å². The fourth-order valence-electron chi connectivity index (χ4n) is 1.95. The lowest BCUT2D eigenvalue weighted by Crippen LogP contribution is -1.90. The van der Waals surface area contributed by atoms with E-state index in [4.69, 9.17) is 16.3 Å². The second-order valence-electron chi connectivity index (χ2n) is 4.49. The summed E-state index contributed by atoms with van der Waals surface area (Å²) >= 11 is 8.49. The highest BCUT2D eigenvalue weighted by Gasteiger charge is 2.09. The number of halogens is 2. The molecule has 0 saturated heterocycles. The van der Waals surface area contributed by atoms with E-state index in [9.17, 15) is 0 Å². The van der Waals surface area contributed by atoms with E-state index in [-0.39, 0.29) is 0 Å². The molecule has 0 fully saturated rings. The van der Waals surface area contributed by atoms with E-state index in [0.717, 1.165) is 20.2 Å². The first-order valence-electron chi connectivity index (χ1n) is 6.12. The second-order valence-corrected chi connectivity index (χ2v) is 6.03. The summed E-state index contributed by atoms with van der Waals surface area (Å²) in [6.07, 6.45) is 1.76. The molecule has 1 heterocycles. The number of aryl methyl sites for hydroxylation is 1. The fraction of sp³-hybridized carbons (Fsp3) is 0.0625. The smallest absolute Gasteiger partial charge is 0.153 e. The van der Waals surface area contributed by atoms with Gasteiger partial charge in [0.05, 0.1) is 8.59 Å². The largest absolute Gasteiger partial charge is 0.455 e. The van der Waals surface area contributed by atoms with Crippen molar-refractivity contribution in [1.82, 2.24) is 4.98 Å². The maximum Gasteiger partial charge on any atom is 0.153 e. The van der Waals surface area contributed by atoms with Crippen LogP contribution >= 0.6 is 34.2 Å². The van der Waals surface area contributed by atoms with Crippen molar-refractivity contribution in [2.75, 3.05) is 0 Å². The summed E-state index contributed by atoms with van der Waals surface area (Å²) in [6, 6.07) is 13.7. The van der Waals surface area contributed by atoms with Crippen LogP contribution in [0.25, 0.3) is 10.9 Å². The molecule has 20 heavy (non-hydrogen) atoms. The maximum absolute atomic E-state index is 6.32. The Balaban J connectivity index is 2.08. The molecular weight excluding hydrogens is 385 g/mol. The minimum absolute atomic E-state index is 0.713. The highest BCUT2D eigenvalue weighted by molar-refractivity contribution is 14.1. The number of para-hydroxylation sites is 1. The van der Waals surface area contributed by atoms with Crippen molar-refractivity contribution in [2.24, 2.45) is 0 Å². The molecule has 0 aliphatic heterocycles. The molecule has 2 aromatic carbocycles. The third-order valence-electron chi connectivity index (χ3n) is 3.00. The zero-order chi connectivity index (χ0) is 14.1. The van der Waals surface area contributed by atoms with Crippen molar-refractivity contribution in [2.45, 2.75) is 6.92 Å². The predicted octanol–water partition coefficient (Wildman–Crippen LogP) is 5.59. The lowest BCUT2D eigenvalue weighted by molar-refractivity contribution is 0.487. The quantitative estimate of drug-likeness (QED) is 0.527. The first-order valence-corrected chi connectivity index (χ1v) is 7.58. The third-order valence-corrected chi connectivity index (χ3v) is 4.54. The Morgan fingerprint density at radius 2 is 1.85 bits per heavy atom. The van der Waals surface area contributed by atoms with Crippen LogP contribution in [0.5, 0.6) is 11.5 Å². The van der Waals surface area contributed by atoms with Gasteiger partial charge in [0.25, 0.3) is 0 Å². The molecule has 0 amide bonds. The number of aromatic nitrogens is 1. The van der Waals surface area contributed by atoms with Crippen LogP contribution in [0.3, 0.4) is 0 Å². The molecule has 4 heteroatoms. The molecule has 3 rings (SSSR count). The Morgan fingerprint density at radius 1 is 1.10 bits per heavy atom. The summed E-state index contributed by atoms with van der Waals surface area (Å²) in [5.41, 5.74) is 1.98. The van der Waals surface area contributed by atoms with Gasteiger partial charge in [0, 0.05) is 11.6 Å². The Bertz CT molecular complexity index is 771. The van der Waals surface area contributed by atoms with Crippen LogP contribution < -0.4 is 4.74 Å². The molecule has 0 radical (unpaired) electrons. The molecule has 2 nitrogen and oxygen atoms in total. The Kier molecular flexibility index (Phi) is 3.81. The number of nitrogens with zero attached hydrogens (tertiary/aromatic N) is 1. The summed E-state index contributed by atoms with van der Waals surface area (Å²) in [5, 5.41) is 1.62. The summed E-state index contributed by atoms with van der Waals surface area (Å²) in [7, 11) is 0. The molecule has 0 saturated carbocycles. The van der Waals surface area contributed by atoms with Crippen LogP contribution in [0.15, 0.2) is 48.7 Å². The van der Waals surface area contributed by atoms with Crippen LogP contribution in [0.1, 0.15) is 5.56 Å². The van der Waals surface area contributed by atoms with Gasteiger partial charge in [0.15, 0.2) is 5.75 Å². The van der Waals surface area contributed by atoms with Crippen molar-refractivity contribution in [3.05, 3.63) is 62.8 Å². The first kappa shape index (κ1) is 13.6. The van der Waals surface area contributed by atoms with Crippen molar-refractivity contribution in [3.63, 3.8) is 0 Å². The van der Waals surface area contributed by atoms with Gasteiger partial charge in [0.1, 0.15) is 11.3 Å². The van der Waals surface area contributed by atoms with Gasteiger partial charge in [-0.15, -0.1) is 0 Å². The van der Waals surface area contributed by atoms with Gasteiger partial charge in [-0.3, -0.25) is 4.98 Å². The number of fused-ring (bicyclic) bond motifs is 1. The molecule has 0 spiro atoms. The normalized spacial score (nSPS) is 10.8. The van der Waals surface area contributed by atoms with Crippen LogP contribution in [-0.2, 0) is 0 Å². The molecule has 1 aromatic heterocycles. The van der Waals surface area contributed by atoms with Crippen molar-refractivity contribution in [1.29, 1.82) is 0 Å². The van der Waals surface area contributed by atoms with Crippen LogP contribution in [0.4, 0.5) is 0 Å². The minimum Gasteiger partial charge on any atom is -0.455 e. The highest BCUT2D eigenvalue weighted by atomic mass is 127. The fourth-order valence-corrected chi connectivity index (χ4v) is 2.59. The molecular formula is C16H11ClINO. The molecule has 0 unspecified atom stereocenters. The Hall–Kier alpha value is -1.33. The first-order chi connectivity index (χ1) is 9.65. The lowest BCUT2D eigenvalue weighted by atomic mass is 10.2. The van der Waals surface area contributed by atoms with Gasteiger partial charge in [-0.25, -0.2) is 0 Å². The summed E-state index contributed by atoms with van der Waals surface area (Å²) in [5.74, 6) is 1.50. The molecule has 3 aromatic rings. The van der Waals surface area contributed by atoms with Crippen molar-refractivity contribution in [3.8, 4) is 11.5 Å². The number of rotatable bonds is 2. The van der Waals surface area contributed by atoms with Gasteiger partial charge in [-0.05, 0) is 47.7 Å². The van der Waals surface area contributed by atoms with Gasteiger partial charge < -0.3 is 4.74 Å². The Labute approximate surface area is 135 Å². The molecule has 0 bridgehead atoms. The molecule has 0 aliphatic rings. The van der Waals surface area contributed by atoms with E-state index < -0.39 is 0 Å². The van der Waals surface area contributed by atoms with E-state index in [0.29, 0.717) is 10.8 Å². The van der Waals surface area contributed by atoms with E-state index in [1.54, 1.807) is 6.20 Å². The average molecular weight is 396 g/mol. The van der Waals surface area contributed by atoms with E-state index in [2.05, 4.69) is 27.6 Å². The monoisotopic (exact) mass is 395 g/mol. The summed E-state index contributed by atoms with van der Waals surface area (Å²) in [6.45, 7) is 2.05. The van der Waals surface area contributed by atoms with E-state index >= 15 is 0 Å². The number of hydrogen-bond donors (Lipinski definition) is 0. The van der Waals surface area contributed by atoms with Gasteiger partial charge >= 0.3 is 0 Å². The standard InChI is InChI=1S/C16H11ClINO/c1-10-5-7-11(8-6-10)20-14-4-2-3-12-15(17)13(18)9-19-16(12)14/h2-9H,1H3. The summed E-state index contributed by atoms with van der Waals surface area (Å²) in [4.78, 5) is 4.44.